The number of nitrogens with one attached hydrogen (secondary N) is 3. The lowest BCUT2D eigenvalue weighted by Gasteiger charge is -2.38. The number of hydrogen-bond donors (Lipinski definition) is 3. The molecule has 0 unspecified atom stereocenters. The molecular weight excluding hydrogens is 336 g/mol. The maximum atomic E-state index is 13.0. The van der Waals surface area contributed by atoms with Gasteiger partial charge in [0.05, 0.1) is 5.56 Å². The molecule has 2 aromatic rings. The highest BCUT2D eigenvalue weighted by molar-refractivity contribution is 7.71. The monoisotopic (exact) mass is 354 g/mol. The summed E-state index contributed by atoms with van der Waals surface area (Å²) in [7, 11) is 0. The van der Waals surface area contributed by atoms with Gasteiger partial charge in [-0.1, -0.05) is 19.9 Å². The van der Waals surface area contributed by atoms with Gasteiger partial charge in [0.2, 0.25) is 0 Å². The smallest absolute Gasteiger partial charge is 0.257 e. The molecule has 0 fully saturated rings. The van der Waals surface area contributed by atoms with E-state index in [1.807, 2.05) is 12.1 Å². The number of Topliss-reactive ketones (excluding diaryl/α,β-unsaturated/α-hetero) is 1. The zero-order valence-corrected chi connectivity index (χ0v) is 14.8. The molecule has 0 amide bonds. The third kappa shape index (κ3) is 2.64. The topological polar surface area (TPSA) is 90.6 Å². The quantitative estimate of drug-likeness (QED) is 0.685. The van der Waals surface area contributed by atoms with Crippen molar-refractivity contribution in [2.75, 3.05) is 5.32 Å². The van der Waals surface area contributed by atoms with E-state index in [9.17, 15) is 9.59 Å². The van der Waals surface area contributed by atoms with E-state index in [0.29, 0.717) is 23.4 Å². The summed E-state index contributed by atoms with van der Waals surface area (Å²) in [4.78, 5) is 35.4. The molecule has 1 aliphatic carbocycles. The first kappa shape index (κ1) is 16.0. The Labute approximate surface area is 149 Å². The molecule has 0 spiro atoms. The first-order chi connectivity index (χ1) is 11.9. The van der Waals surface area contributed by atoms with Crippen LogP contribution in [0.5, 0.6) is 0 Å². The number of carbonyl (C=O) groups excluding carboxylic acids is 1. The molecule has 2 aromatic heterocycles. The highest BCUT2D eigenvalue weighted by Gasteiger charge is 2.42. The maximum absolute atomic E-state index is 13.0. The Hall–Kier alpha value is -2.54. The number of carbonyl (C=O) groups is 1. The molecule has 3 heterocycles. The summed E-state index contributed by atoms with van der Waals surface area (Å²) in [6, 6.07) is 3.71. The van der Waals surface area contributed by atoms with Gasteiger partial charge in [0.1, 0.15) is 5.82 Å². The highest BCUT2D eigenvalue weighted by atomic mass is 32.1. The fourth-order valence-corrected chi connectivity index (χ4v) is 4.02. The van der Waals surface area contributed by atoms with Gasteiger partial charge in [-0.3, -0.25) is 19.6 Å². The van der Waals surface area contributed by atoms with E-state index in [-0.39, 0.29) is 21.5 Å². The zero-order chi connectivity index (χ0) is 17.8. The molecule has 6 nitrogen and oxygen atoms in total. The number of ketones is 1. The van der Waals surface area contributed by atoms with Gasteiger partial charge in [0.25, 0.3) is 5.56 Å². The summed E-state index contributed by atoms with van der Waals surface area (Å²) in [5.41, 5.74) is 2.41. The largest absolute Gasteiger partial charge is 0.344 e. The van der Waals surface area contributed by atoms with Crippen molar-refractivity contribution in [2.45, 2.75) is 32.6 Å². The summed E-state index contributed by atoms with van der Waals surface area (Å²) in [5.74, 6) is 0.186. The van der Waals surface area contributed by atoms with Gasteiger partial charge in [-0.25, -0.2) is 0 Å². The van der Waals surface area contributed by atoms with Crippen molar-refractivity contribution in [1.29, 1.82) is 0 Å². The minimum Gasteiger partial charge on any atom is -0.344 e. The van der Waals surface area contributed by atoms with E-state index in [4.69, 9.17) is 12.2 Å². The van der Waals surface area contributed by atoms with Gasteiger partial charge in [-0.2, -0.15) is 0 Å². The van der Waals surface area contributed by atoms with Crippen LogP contribution < -0.4 is 10.9 Å². The van der Waals surface area contributed by atoms with Crippen LogP contribution in [-0.4, -0.2) is 20.7 Å². The number of rotatable bonds is 1. The molecule has 3 N–H and O–H groups in total. The van der Waals surface area contributed by atoms with E-state index in [0.717, 1.165) is 17.7 Å². The number of allylic oxidation sites excluding steroid dienone is 2. The average Bonchev–Trinajstić information content (AvgIpc) is 2.52. The predicted molar refractivity (Wildman–Crippen MR) is 97.0 cm³/mol. The second-order valence-electron chi connectivity index (χ2n) is 7.37. The number of nitrogens with zero attached hydrogens (tertiary/aromatic N) is 1. The SMILES string of the molecule is CC1(C)CC(=O)C2=C(C1)Nc1[nH]c(=S)[nH]c(=O)c1[C@@H]2c1cccnc1. The van der Waals surface area contributed by atoms with Crippen LogP contribution in [0, 0.1) is 10.2 Å². The van der Waals surface area contributed by atoms with E-state index in [2.05, 4.69) is 34.1 Å². The first-order valence-corrected chi connectivity index (χ1v) is 8.56. The van der Waals surface area contributed by atoms with Crippen LogP contribution in [0.4, 0.5) is 5.82 Å². The van der Waals surface area contributed by atoms with Gasteiger partial charge < -0.3 is 10.3 Å². The minimum absolute atomic E-state index is 0.0695. The molecule has 1 aliphatic heterocycles. The molecular formula is C18H18N4O2S. The molecule has 1 atom stereocenters. The van der Waals surface area contributed by atoms with Gasteiger partial charge in [-0.15, -0.1) is 0 Å². The van der Waals surface area contributed by atoms with E-state index >= 15 is 0 Å². The summed E-state index contributed by atoms with van der Waals surface area (Å²) in [5, 5.41) is 3.26. The number of anilines is 1. The Kier molecular flexibility index (Phi) is 3.50. The van der Waals surface area contributed by atoms with Crippen LogP contribution in [-0.2, 0) is 4.79 Å². The van der Waals surface area contributed by atoms with Crippen molar-refractivity contribution < 1.29 is 4.79 Å². The van der Waals surface area contributed by atoms with Crippen LogP contribution >= 0.6 is 12.2 Å². The van der Waals surface area contributed by atoms with E-state index in [1.54, 1.807) is 12.4 Å². The lowest BCUT2D eigenvalue weighted by molar-refractivity contribution is -0.118. The molecule has 0 saturated carbocycles. The predicted octanol–water partition coefficient (Wildman–Crippen LogP) is 3.03. The van der Waals surface area contributed by atoms with Crippen LogP contribution in [0.1, 0.15) is 43.7 Å². The molecule has 2 aliphatic rings. The fraction of sp³-hybridized carbons (Fsp3) is 0.333. The van der Waals surface area contributed by atoms with Crippen molar-refractivity contribution in [3.8, 4) is 0 Å². The Bertz CT molecular complexity index is 1020. The number of aromatic amines is 2. The second kappa shape index (κ2) is 5.49. The Morgan fingerprint density at radius 2 is 2.04 bits per heavy atom. The Morgan fingerprint density at radius 3 is 2.76 bits per heavy atom. The Balaban J connectivity index is 2.01. The summed E-state index contributed by atoms with van der Waals surface area (Å²) in [6.45, 7) is 4.15. The summed E-state index contributed by atoms with van der Waals surface area (Å²) >= 11 is 5.11. The summed E-state index contributed by atoms with van der Waals surface area (Å²) in [6.07, 6.45) is 4.58. The number of aromatic nitrogens is 3. The van der Waals surface area contributed by atoms with Gasteiger partial charge in [-0.05, 0) is 35.7 Å². The molecule has 25 heavy (non-hydrogen) atoms. The lowest BCUT2D eigenvalue weighted by atomic mass is 9.69. The number of hydrogen-bond acceptors (Lipinski definition) is 5. The van der Waals surface area contributed by atoms with E-state index in [1.165, 1.54) is 0 Å². The molecule has 128 valence electrons. The fourth-order valence-electron chi connectivity index (χ4n) is 3.83. The molecule has 4 rings (SSSR count). The second-order valence-corrected chi connectivity index (χ2v) is 7.78. The normalized spacial score (nSPS) is 21.4. The first-order valence-electron chi connectivity index (χ1n) is 8.15. The third-order valence-electron chi connectivity index (χ3n) is 4.77. The van der Waals surface area contributed by atoms with Crippen molar-refractivity contribution in [3.05, 3.63) is 62.0 Å². The zero-order valence-electron chi connectivity index (χ0n) is 14.0. The number of fused-ring (bicyclic) bond motifs is 1. The Morgan fingerprint density at radius 1 is 1.24 bits per heavy atom. The number of pyridine rings is 1. The molecule has 0 aromatic carbocycles. The molecule has 7 heteroatoms. The average molecular weight is 354 g/mol. The van der Waals surface area contributed by atoms with Gasteiger partial charge in [0, 0.05) is 36.0 Å². The van der Waals surface area contributed by atoms with Crippen molar-refractivity contribution >= 4 is 23.8 Å². The van der Waals surface area contributed by atoms with E-state index < -0.39 is 5.92 Å². The third-order valence-corrected chi connectivity index (χ3v) is 4.97. The van der Waals surface area contributed by atoms with Crippen molar-refractivity contribution in [2.24, 2.45) is 5.41 Å². The van der Waals surface area contributed by atoms with Crippen molar-refractivity contribution in [1.82, 2.24) is 15.0 Å². The number of H-pyrrole nitrogens is 2. The van der Waals surface area contributed by atoms with Gasteiger partial charge >= 0.3 is 0 Å². The minimum atomic E-state index is -0.445. The van der Waals surface area contributed by atoms with Crippen LogP contribution in [0.15, 0.2) is 40.6 Å². The van der Waals surface area contributed by atoms with Gasteiger partial charge in [0.15, 0.2) is 10.6 Å². The molecule has 0 saturated heterocycles. The summed E-state index contributed by atoms with van der Waals surface area (Å²) < 4.78 is 0.256. The maximum Gasteiger partial charge on any atom is 0.257 e. The van der Waals surface area contributed by atoms with Crippen molar-refractivity contribution in [3.63, 3.8) is 0 Å². The highest BCUT2D eigenvalue weighted by Crippen LogP contribution is 2.47. The molecule has 0 radical (unpaired) electrons. The van der Waals surface area contributed by atoms with Crippen LogP contribution in [0.25, 0.3) is 0 Å². The van der Waals surface area contributed by atoms with Crippen LogP contribution in [0.2, 0.25) is 0 Å². The van der Waals surface area contributed by atoms with Crippen LogP contribution in [0.3, 0.4) is 0 Å². The molecule has 0 bridgehead atoms. The standard InChI is InChI=1S/C18H18N4O2S/c1-18(2)6-10-13(11(23)7-18)12(9-4-3-5-19-8-9)14-15(20-10)21-17(25)22-16(14)24/h3-5,8,12H,6-7H2,1-2H3,(H3,20,21,22,24,25)/t12-/m1/s1. The lowest BCUT2D eigenvalue weighted by Crippen LogP contribution is -2.36.